The number of hydrogen-bond acceptors (Lipinski definition) is 5. The van der Waals surface area contributed by atoms with Gasteiger partial charge in [0, 0.05) is 30.6 Å². The zero-order valence-corrected chi connectivity index (χ0v) is 14.4. The van der Waals surface area contributed by atoms with Crippen molar-refractivity contribution in [3.05, 3.63) is 27.2 Å². The van der Waals surface area contributed by atoms with E-state index in [2.05, 4.69) is 0 Å². The van der Waals surface area contributed by atoms with E-state index < -0.39 is 18.9 Å². The molecule has 6 nitrogen and oxygen atoms in total. The predicted octanol–water partition coefficient (Wildman–Crippen LogP) is 2.81. The summed E-state index contributed by atoms with van der Waals surface area (Å²) >= 11 is 12.1. The average molecular weight is 373 g/mol. The molecular weight excluding hydrogens is 358 g/mol. The largest absolute Gasteiger partial charge is 0.535 e. The molecule has 24 heavy (non-hydrogen) atoms. The molecule has 128 valence electrons. The van der Waals surface area contributed by atoms with Crippen LogP contribution in [-0.4, -0.2) is 34.8 Å². The molecule has 0 saturated carbocycles. The summed E-state index contributed by atoms with van der Waals surface area (Å²) in [6, 6.07) is 1.16. The molecule has 0 unspecified atom stereocenters. The topological polar surface area (TPSA) is 101 Å². The molecule has 0 saturated heterocycles. The molecule has 2 rings (SSSR count). The zero-order valence-electron chi connectivity index (χ0n) is 12.8. The number of fused-ring (bicyclic) bond motifs is 1. The van der Waals surface area contributed by atoms with Crippen LogP contribution in [0.25, 0.3) is 0 Å². The molecule has 0 radical (unpaired) electrons. The van der Waals surface area contributed by atoms with E-state index in [1.807, 2.05) is 0 Å². The van der Waals surface area contributed by atoms with Crippen molar-refractivity contribution in [3.63, 3.8) is 0 Å². The minimum Gasteiger partial charge on any atom is -0.535 e. The molecule has 1 aromatic rings. The summed E-state index contributed by atoms with van der Waals surface area (Å²) < 4.78 is 5.31. The second-order valence-electron chi connectivity index (χ2n) is 5.75. The molecule has 1 aromatic carbocycles. The third-order valence-corrected chi connectivity index (χ3v) is 4.68. The number of carboxylic acids is 1. The van der Waals surface area contributed by atoms with E-state index >= 15 is 0 Å². The molecule has 0 fully saturated rings. The molecule has 1 aliphatic heterocycles. The second kappa shape index (κ2) is 7.55. The lowest BCUT2D eigenvalue weighted by Gasteiger charge is -2.29. The molecule has 1 heterocycles. The molecule has 2 N–H and O–H groups in total. The lowest BCUT2D eigenvalue weighted by Crippen LogP contribution is -2.36. The van der Waals surface area contributed by atoms with Crippen LogP contribution in [0.15, 0.2) is 6.07 Å². The number of carbonyl (C=O) groups excluding carboxylic acids is 2. The number of carbonyl (C=O) groups is 3. The van der Waals surface area contributed by atoms with Crippen LogP contribution in [0.3, 0.4) is 0 Å². The lowest BCUT2D eigenvalue weighted by molar-refractivity contribution is -0.123. The third-order valence-electron chi connectivity index (χ3n) is 3.85. The number of Topliss-reactive ketones (excluding diaryl/α,β-unsaturated/α-hetero) is 2. The van der Waals surface area contributed by atoms with Crippen LogP contribution in [0.1, 0.15) is 42.1 Å². The van der Waals surface area contributed by atoms with E-state index in [4.69, 9.17) is 27.9 Å². The number of ketones is 2. The Labute approximate surface area is 148 Å². The van der Waals surface area contributed by atoms with Gasteiger partial charge in [-0.15, -0.1) is 0 Å². The second-order valence-corrected chi connectivity index (χ2v) is 6.54. The minimum absolute atomic E-state index is 0.000859. The fraction of sp³-hybridized carbons (Fsp3) is 0.400. The van der Waals surface area contributed by atoms with Crippen molar-refractivity contribution in [1.82, 2.24) is 0 Å². The van der Waals surface area contributed by atoms with E-state index in [-0.39, 0.29) is 58.6 Å². The maximum Gasteiger partial charge on any atom is 0.526 e. The van der Waals surface area contributed by atoms with Gasteiger partial charge in [-0.25, -0.2) is 4.79 Å². The summed E-state index contributed by atoms with van der Waals surface area (Å²) in [5.74, 6) is -2.15. The summed E-state index contributed by atoms with van der Waals surface area (Å²) in [7, 11) is -1.34. The van der Waals surface area contributed by atoms with Gasteiger partial charge >= 0.3 is 13.1 Å². The van der Waals surface area contributed by atoms with Gasteiger partial charge in [-0.2, -0.15) is 0 Å². The Kier molecular flexibility index (Phi) is 5.90. The molecule has 0 aliphatic carbocycles. The quantitative estimate of drug-likeness (QED) is 0.744. The Bertz CT molecular complexity index is 706. The maximum absolute atomic E-state index is 11.9. The van der Waals surface area contributed by atoms with Gasteiger partial charge in [0.1, 0.15) is 22.9 Å². The van der Waals surface area contributed by atoms with Crippen LogP contribution < -0.4 is 4.65 Å². The highest BCUT2D eigenvalue weighted by Crippen LogP contribution is 2.43. The fourth-order valence-corrected chi connectivity index (χ4v) is 3.04. The van der Waals surface area contributed by atoms with E-state index in [9.17, 15) is 24.5 Å². The smallest absolute Gasteiger partial charge is 0.526 e. The van der Waals surface area contributed by atoms with Crippen LogP contribution >= 0.6 is 23.2 Å². The summed E-state index contributed by atoms with van der Waals surface area (Å²) in [6.45, 7) is 1.40. The van der Waals surface area contributed by atoms with Gasteiger partial charge in [0.05, 0.1) is 10.0 Å². The monoisotopic (exact) mass is 372 g/mol. The van der Waals surface area contributed by atoms with E-state index in [1.54, 1.807) is 0 Å². The fourth-order valence-electron chi connectivity index (χ4n) is 2.60. The van der Waals surface area contributed by atoms with Crippen molar-refractivity contribution in [2.24, 2.45) is 0 Å². The molecule has 0 amide bonds. The normalized spacial score (nSPS) is 16.3. The highest BCUT2D eigenvalue weighted by Gasteiger charge is 2.39. The van der Waals surface area contributed by atoms with Crippen molar-refractivity contribution in [1.29, 1.82) is 0 Å². The van der Waals surface area contributed by atoms with Gasteiger partial charge < -0.3 is 19.6 Å². The van der Waals surface area contributed by atoms with Gasteiger partial charge in [0.2, 0.25) is 0 Å². The van der Waals surface area contributed by atoms with Gasteiger partial charge in [-0.3, -0.25) is 4.79 Å². The number of aromatic carboxylic acids is 1. The van der Waals surface area contributed by atoms with Gasteiger partial charge in [0.15, 0.2) is 0 Å². The van der Waals surface area contributed by atoms with Crippen molar-refractivity contribution >= 4 is 47.9 Å². The highest BCUT2D eigenvalue weighted by molar-refractivity contribution is 6.48. The van der Waals surface area contributed by atoms with Crippen molar-refractivity contribution in [3.8, 4) is 5.75 Å². The summed E-state index contributed by atoms with van der Waals surface area (Å²) in [5.41, 5.74) is 0.163. The maximum atomic E-state index is 11.9. The van der Waals surface area contributed by atoms with Crippen molar-refractivity contribution < 1.29 is 29.2 Å². The van der Waals surface area contributed by atoms with E-state index in [0.717, 1.165) is 6.07 Å². The van der Waals surface area contributed by atoms with Crippen LogP contribution in [0.5, 0.6) is 5.75 Å². The lowest BCUT2D eigenvalue weighted by atomic mass is 9.64. The molecule has 1 atom stereocenters. The third kappa shape index (κ3) is 4.09. The summed E-state index contributed by atoms with van der Waals surface area (Å²) in [5, 5.41) is 19.5. The Hall–Kier alpha value is -1.57. The first-order valence-electron chi connectivity index (χ1n) is 7.30. The first-order valence-corrected chi connectivity index (χ1v) is 8.06. The SMILES string of the molecule is CC(=O)CCC(=O)C[C@H]1Cc2c(Cl)c(Cl)cc(C(=O)O)c2OB1O. The Morgan fingerprint density at radius 2 is 2.00 bits per heavy atom. The van der Waals surface area contributed by atoms with Crippen LogP contribution in [0.2, 0.25) is 15.9 Å². The van der Waals surface area contributed by atoms with Crippen LogP contribution in [0, 0.1) is 0 Å². The highest BCUT2D eigenvalue weighted by atomic mass is 35.5. The summed E-state index contributed by atoms with van der Waals surface area (Å²) in [4.78, 5) is 34.2. The molecule has 9 heteroatoms. The van der Waals surface area contributed by atoms with Crippen LogP contribution in [-0.2, 0) is 16.0 Å². The number of rotatable bonds is 6. The van der Waals surface area contributed by atoms with Crippen molar-refractivity contribution in [2.45, 2.75) is 38.4 Å². The number of benzene rings is 1. The number of carboxylic acid groups (broad SMARTS) is 1. The molecule has 0 spiro atoms. The minimum atomic E-state index is -1.34. The summed E-state index contributed by atoms with van der Waals surface area (Å²) in [6.07, 6.45) is 0.394. The Morgan fingerprint density at radius 1 is 1.33 bits per heavy atom. The first-order chi connectivity index (χ1) is 11.2. The van der Waals surface area contributed by atoms with Gasteiger partial charge in [0.25, 0.3) is 0 Å². The first kappa shape index (κ1) is 18.8. The standard InChI is InChI=1S/C15H15BCl2O6/c1-7(19)2-3-9(20)4-8-5-10-13(18)12(17)6-11(15(21)22)14(10)24-16(8)23/h6,8,23H,2-5H2,1H3,(H,21,22)/t8-/m0/s1. The predicted molar refractivity (Wildman–Crippen MR) is 89.0 cm³/mol. The molecular formula is C15H15BCl2O6. The number of halogens is 2. The van der Waals surface area contributed by atoms with E-state index in [0.29, 0.717) is 5.56 Å². The van der Waals surface area contributed by atoms with Gasteiger partial charge in [-0.1, -0.05) is 23.2 Å². The molecule has 0 bridgehead atoms. The number of hydrogen-bond donors (Lipinski definition) is 2. The molecule has 0 aromatic heterocycles. The van der Waals surface area contributed by atoms with E-state index in [1.165, 1.54) is 6.92 Å². The average Bonchev–Trinajstić information content (AvgIpc) is 2.50. The Balaban J connectivity index is 2.24. The van der Waals surface area contributed by atoms with Crippen molar-refractivity contribution in [2.75, 3.05) is 0 Å². The van der Waals surface area contributed by atoms with Gasteiger partial charge in [-0.05, 0) is 19.4 Å². The zero-order chi connectivity index (χ0) is 18.0. The Morgan fingerprint density at radius 3 is 2.58 bits per heavy atom. The molecule has 1 aliphatic rings. The van der Waals surface area contributed by atoms with Crippen LogP contribution in [0.4, 0.5) is 0 Å².